The minimum atomic E-state index is -3.11. The van der Waals surface area contributed by atoms with Crippen LogP contribution in [0.3, 0.4) is 0 Å². The zero-order valence-electron chi connectivity index (χ0n) is 11.8. The number of hydrogen-bond donors (Lipinski definition) is 1. The lowest BCUT2D eigenvalue weighted by Crippen LogP contribution is -2.44. The van der Waals surface area contributed by atoms with E-state index in [2.05, 4.69) is 16.5 Å². The summed E-state index contributed by atoms with van der Waals surface area (Å²) in [5.74, 6) is 0. The number of halogens is 1. The fourth-order valence-corrected chi connectivity index (χ4v) is 3.85. The molecule has 1 N–H and O–H groups in total. The van der Waals surface area contributed by atoms with E-state index < -0.39 is 10.0 Å². The van der Waals surface area contributed by atoms with Gasteiger partial charge in [-0.2, -0.15) is 0 Å². The highest BCUT2D eigenvalue weighted by atomic mass is 35.5. The van der Waals surface area contributed by atoms with E-state index in [1.807, 2.05) is 24.3 Å². The molecule has 6 heteroatoms. The maximum atomic E-state index is 11.2. The highest BCUT2D eigenvalue weighted by molar-refractivity contribution is 7.88. The van der Waals surface area contributed by atoms with Crippen LogP contribution in [0.2, 0.25) is 5.02 Å². The molecule has 1 aliphatic rings. The predicted octanol–water partition coefficient (Wildman–Crippen LogP) is 2.41. The second-order valence-electron chi connectivity index (χ2n) is 5.40. The summed E-state index contributed by atoms with van der Waals surface area (Å²) in [5, 5.41) is 0.788. The van der Waals surface area contributed by atoms with Crippen LogP contribution in [-0.2, 0) is 10.0 Å². The van der Waals surface area contributed by atoms with E-state index in [-0.39, 0.29) is 12.1 Å². The lowest BCUT2D eigenvalue weighted by atomic mass is 10.0. The molecule has 1 aromatic rings. The number of sulfonamides is 1. The Morgan fingerprint density at radius 1 is 1.30 bits per heavy atom. The Morgan fingerprint density at radius 3 is 2.45 bits per heavy atom. The molecule has 112 valence electrons. The fraction of sp³-hybridized carbons (Fsp3) is 0.571. The van der Waals surface area contributed by atoms with E-state index in [0.717, 1.165) is 36.5 Å². The summed E-state index contributed by atoms with van der Waals surface area (Å²) in [6.45, 7) is 3.89. The molecule has 0 aromatic heterocycles. The number of nitrogens with zero attached hydrogens (tertiary/aromatic N) is 1. The Kier molecular flexibility index (Phi) is 5.07. The van der Waals surface area contributed by atoms with Gasteiger partial charge in [-0.1, -0.05) is 29.8 Å². The molecule has 4 nitrogen and oxygen atoms in total. The standard InChI is InChI=1S/C14H21ClN2O2S/c1-11(13-5-3-4-6-14(13)15)17-9-7-12(8-10-17)16-20(2,18)19/h3-6,11-12,16H,7-10H2,1-2H3. The molecule has 20 heavy (non-hydrogen) atoms. The molecule has 1 saturated heterocycles. The third kappa shape index (κ3) is 4.19. The van der Waals surface area contributed by atoms with Gasteiger partial charge in [0.05, 0.1) is 6.26 Å². The third-order valence-corrected chi connectivity index (χ3v) is 4.92. The zero-order valence-corrected chi connectivity index (χ0v) is 13.4. The SMILES string of the molecule is CC(c1ccccc1Cl)N1CCC(NS(C)(=O)=O)CC1. The van der Waals surface area contributed by atoms with Crippen LogP contribution in [0, 0.1) is 0 Å². The highest BCUT2D eigenvalue weighted by Crippen LogP contribution is 2.29. The Morgan fingerprint density at radius 2 is 1.90 bits per heavy atom. The number of hydrogen-bond acceptors (Lipinski definition) is 3. The molecule has 2 rings (SSSR count). The van der Waals surface area contributed by atoms with Gasteiger partial charge < -0.3 is 0 Å². The maximum absolute atomic E-state index is 11.2. The van der Waals surface area contributed by atoms with Crippen molar-refractivity contribution in [2.24, 2.45) is 0 Å². The van der Waals surface area contributed by atoms with E-state index in [1.54, 1.807) is 0 Å². The fourth-order valence-electron chi connectivity index (χ4n) is 2.72. The average molecular weight is 317 g/mol. The second kappa shape index (κ2) is 6.43. The summed E-state index contributed by atoms with van der Waals surface area (Å²) in [4.78, 5) is 2.35. The van der Waals surface area contributed by atoms with Crippen molar-refractivity contribution in [3.63, 3.8) is 0 Å². The van der Waals surface area contributed by atoms with Crippen molar-refractivity contribution in [2.75, 3.05) is 19.3 Å². The smallest absolute Gasteiger partial charge is 0.208 e. The Labute approximate surface area is 126 Å². The van der Waals surface area contributed by atoms with E-state index in [0.29, 0.717) is 0 Å². The molecule has 1 aromatic carbocycles. The first-order valence-corrected chi connectivity index (χ1v) is 9.09. The molecule has 0 bridgehead atoms. The van der Waals surface area contributed by atoms with Crippen molar-refractivity contribution in [1.29, 1.82) is 0 Å². The van der Waals surface area contributed by atoms with Gasteiger partial charge >= 0.3 is 0 Å². The molecule has 0 amide bonds. The summed E-state index contributed by atoms with van der Waals surface area (Å²) >= 11 is 6.24. The largest absolute Gasteiger partial charge is 0.296 e. The van der Waals surface area contributed by atoms with Gasteiger partial charge in [0.25, 0.3) is 0 Å². The van der Waals surface area contributed by atoms with Crippen molar-refractivity contribution in [3.05, 3.63) is 34.9 Å². The van der Waals surface area contributed by atoms with Crippen molar-refractivity contribution in [3.8, 4) is 0 Å². The first-order valence-electron chi connectivity index (χ1n) is 6.82. The lowest BCUT2D eigenvalue weighted by Gasteiger charge is -2.36. The number of benzene rings is 1. The molecule has 0 spiro atoms. The van der Waals surface area contributed by atoms with Gasteiger partial charge in [0.2, 0.25) is 10.0 Å². The van der Waals surface area contributed by atoms with Crippen LogP contribution in [0.5, 0.6) is 0 Å². The van der Waals surface area contributed by atoms with Gasteiger partial charge in [-0.3, -0.25) is 4.90 Å². The van der Waals surface area contributed by atoms with Crippen molar-refractivity contribution < 1.29 is 8.42 Å². The molecule has 0 saturated carbocycles. The van der Waals surface area contributed by atoms with Crippen LogP contribution in [0.25, 0.3) is 0 Å². The Balaban J connectivity index is 1.95. The quantitative estimate of drug-likeness (QED) is 0.928. The first-order chi connectivity index (χ1) is 9.37. The van der Waals surface area contributed by atoms with Crippen molar-refractivity contribution in [2.45, 2.75) is 31.8 Å². The average Bonchev–Trinajstić information content (AvgIpc) is 2.37. The van der Waals surface area contributed by atoms with Crippen LogP contribution in [0.15, 0.2) is 24.3 Å². The van der Waals surface area contributed by atoms with Crippen LogP contribution >= 0.6 is 11.6 Å². The van der Waals surface area contributed by atoms with Gasteiger partial charge in [0.15, 0.2) is 0 Å². The topological polar surface area (TPSA) is 49.4 Å². The van der Waals surface area contributed by atoms with Gasteiger partial charge in [0.1, 0.15) is 0 Å². The van der Waals surface area contributed by atoms with Crippen LogP contribution < -0.4 is 4.72 Å². The van der Waals surface area contributed by atoms with Crippen LogP contribution in [-0.4, -0.2) is 38.7 Å². The summed E-state index contributed by atoms with van der Waals surface area (Å²) in [5.41, 5.74) is 1.13. The predicted molar refractivity (Wildman–Crippen MR) is 82.4 cm³/mol. The summed E-state index contributed by atoms with van der Waals surface area (Å²) in [6, 6.07) is 8.19. The minimum absolute atomic E-state index is 0.0553. The van der Waals surface area contributed by atoms with Crippen molar-refractivity contribution >= 4 is 21.6 Å². The van der Waals surface area contributed by atoms with Crippen LogP contribution in [0.1, 0.15) is 31.4 Å². The van der Waals surface area contributed by atoms with Crippen LogP contribution in [0.4, 0.5) is 0 Å². The van der Waals surface area contributed by atoms with E-state index >= 15 is 0 Å². The monoisotopic (exact) mass is 316 g/mol. The van der Waals surface area contributed by atoms with Gasteiger partial charge in [-0.05, 0) is 31.4 Å². The molecule has 1 aliphatic heterocycles. The lowest BCUT2D eigenvalue weighted by molar-refractivity contribution is 0.159. The summed E-state index contributed by atoms with van der Waals surface area (Å²) < 4.78 is 25.2. The molecule has 0 radical (unpaired) electrons. The Bertz CT molecular complexity index is 554. The second-order valence-corrected chi connectivity index (χ2v) is 7.58. The summed E-state index contributed by atoms with van der Waals surface area (Å²) in [6.07, 6.45) is 2.88. The highest BCUT2D eigenvalue weighted by Gasteiger charge is 2.25. The third-order valence-electron chi connectivity index (χ3n) is 3.81. The molecular formula is C14H21ClN2O2S. The van der Waals surface area contributed by atoms with Gasteiger partial charge in [0, 0.05) is 30.2 Å². The number of rotatable bonds is 4. The molecule has 1 unspecified atom stereocenters. The van der Waals surface area contributed by atoms with E-state index in [9.17, 15) is 8.42 Å². The van der Waals surface area contributed by atoms with E-state index in [4.69, 9.17) is 11.6 Å². The summed E-state index contributed by atoms with van der Waals surface area (Å²) in [7, 11) is -3.11. The van der Waals surface area contributed by atoms with Crippen molar-refractivity contribution in [1.82, 2.24) is 9.62 Å². The minimum Gasteiger partial charge on any atom is -0.296 e. The van der Waals surface area contributed by atoms with Gasteiger partial charge in [-0.25, -0.2) is 13.1 Å². The molecule has 0 aliphatic carbocycles. The molecular weight excluding hydrogens is 296 g/mol. The number of likely N-dealkylation sites (tertiary alicyclic amines) is 1. The number of piperidine rings is 1. The maximum Gasteiger partial charge on any atom is 0.208 e. The molecule has 1 heterocycles. The van der Waals surface area contributed by atoms with E-state index in [1.165, 1.54) is 6.26 Å². The Hall–Kier alpha value is -0.620. The number of nitrogens with one attached hydrogen (secondary N) is 1. The molecule has 1 atom stereocenters. The normalized spacial score (nSPS) is 19.9. The van der Waals surface area contributed by atoms with Gasteiger partial charge in [-0.15, -0.1) is 0 Å². The first kappa shape index (κ1) is 15.8. The zero-order chi connectivity index (χ0) is 14.8. The molecule has 1 fully saturated rings.